The number of methoxy groups -OCH3 is 1. The van der Waals surface area contributed by atoms with Crippen molar-refractivity contribution in [2.45, 2.75) is 12.3 Å². The van der Waals surface area contributed by atoms with Crippen LogP contribution in [0.3, 0.4) is 0 Å². The first-order chi connectivity index (χ1) is 9.65. The van der Waals surface area contributed by atoms with E-state index in [2.05, 4.69) is 0 Å². The molecule has 0 aliphatic rings. The van der Waals surface area contributed by atoms with Crippen LogP contribution >= 0.6 is 11.6 Å². The largest absolute Gasteiger partial charge is 0.494 e. The summed E-state index contributed by atoms with van der Waals surface area (Å²) in [6.45, 7) is 0. The SMILES string of the molecule is COc1cccc(CC(CCl)c2cccc(F)c2)c1F. The second kappa shape index (κ2) is 6.71. The number of benzene rings is 2. The minimum absolute atomic E-state index is 0.144. The minimum atomic E-state index is -0.387. The van der Waals surface area contributed by atoms with Crippen LogP contribution in [0.1, 0.15) is 17.0 Å². The molecule has 0 heterocycles. The molecule has 0 aromatic heterocycles. The quantitative estimate of drug-likeness (QED) is 0.736. The number of hydrogen-bond donors (Lipinski definition) is 0. The van der Waals surface area contributed by atoms with E-state index in [1.165, 1.54) is 19.2 Å². The normalized spacial score (nSPS) is 12.2. The highest BCUT2D eigenvalue weighted by molar-refractivity contribution is 6.18. The van der Waals surface area contributed by atoms with Crippen LogP contribution in [0, 0.1) is 11.6 Å². The molecule has 0 radical (unpaired) electrons. The highest BCUT2D eigenvalue weighted by atomic mass is 35.5. The summed E-state index contributed by atoms with van der Waals surface area (Å²) in [4.78, 5) is 0. The average Bonchev–Trinajstić information content (AvgIpc) is 2.46. The molecule has 2 aromatic carbocycles. The van der Waals surface area contributed by atoms with Gasteiger partial charge >= 0.3 is 0 Å². The Morgan fingerprint density at radius 1 is 1.15 bits per heavy atom. The summed E-state index contributed by atoms with van der Waals surface area (Å²) in [5.41, 5.74) is 1.28. The maximum Gasteiger partial charge on any atom is 0.168 e. The molecule has 1 nitrogen and oxygen atoms in total. The molecular formula is C16H15ClF2O. The van der Waals surface area contributed by atoms with Crippen LogP contribution in [-0.2, 0) is 6.42 Å². The van der Waals surface area contributed by atoms with Gasteiger partial charge in [0, 0.05) is 11.8 Å². The first-order valence-corrected chi connectivity index (χ1v) is 6.82. The Kier molecular flexibility index (Phi) is 4.96. The predicted octanol–water partition coefficient (Wildman–Crippen LogP) is 4.54. The molecule has 0 N–H and O–H groups in total. The Balaban J connectivity index is 2.27. The number of alkyl halides is 1. The molecule has 0 aliphatic heterocycles. The van der Waals surface area contributed by atoms with Gasteiger partial charge in [0.1, 0.15) is 5.82 Å². The number of rotatable bonds is 5. The molecule has 0 spiro atoms. The molecule has 0 fully saturated rings. The predicted molar refractivity (Wildman–Crippen MR) is 76.5 cm³/mol. The van der Waals surface area contributed by atoms with Gasteiger partial charge in [0.05, 0.1) is 7.11 Å². The summed E-state index contributed by atoms with van der Waals surface area (Å²) in [7, 11) is 1.42. The van der Waals surface area contributed by atoms with Crippen molar-refractivity contribution in [3.63, 3.8) is 0 Å². The van der Waals surface area contributed by atoms with Crippen LogP contribution in [0.2, 0.25) is 0 Å². The molecule has 106 valence electrons. The van der Waals surface area contributed by atoms with Gasteiger partial charge in [-0.05, 0) is 35.7 Å². The first kappa shape index (κ1) is 14.8. The zero-order valence-electron chi connectivity index (χ0n) is 11.1. The van der Waals surface area contributed by atoms with Crippen LogP contribution < -0.4 is 4.74 Å². The third-order valence-corrected chi connectivity index (χ3v) is 3.61. The van der Waals surface area contributed by atoms with Crippen LogP contribution in [-0.4, -0.2) is 13.0 Å². The third kappa shape index (κ3) is 3.28. The maximum absolute atomic E-state index is 14.1. The lowest BCUT2D eigenvalue weighted by Gasteiger charge is -2.16. The van der Waals surface area contributed by atoms with Gasteiger partial charge in [0.25, 0.3) is 0 Å². The Bertz CT molecular complexity index is 586. The Morgan fingerprint density at radius 3 is 2.55 bits per heavy atom. The summed E-state index contributed by atoms with van der Waals surface area (Å²) in [5, 5.41) is 0. The molecule has 0 saturated heterocycles. The lowest BCUT2D eigenvalue weighted by atomic mass is 9.93. The van der Waals surface area contributed by atoms with E-state index in [1.54, 1.807) is 30.3 Å². The van der Waals surface area contributed by atoms with Crippen LogP contribution in [0.25, 0.3) is 0 Å². The monoisotopic (exact) mass is 296 g/mol. The van der Waals surface area contributed by atoms with E-state index in [-0.39, 0.29) is 23.3 Å². The van der Waals surface area contributed by atoms with Crippen molar-refractivity contribution in [3.8, 4) is 5.75 Å². The van der Waals surface area contributed by atoms with Gasteiger partial charge in [-0.15, -0.1) is 11.6 Å². The summed E-state index contributed by atoms with van der Waals surface area (Å²) in [6, 6.07) is 11.2. The molecular weight excluding hydrogens is 282 g/mol. The van der Waals surface area contributed by atoms with E-state index in [4.69, 9.17) is 16.3 Å². The van der Waals surface area contributed by atoms with Crippen LogP contribution in [0.15, 0.2) is 42.5 Å². The van der Waals surface area contributed by atoms with E-state index in [0.717, 1.165) is 5.56 Å². The fourth-order valence-corrected chi connectivity index (χ4v) is 2.45. The summed E-state index contributed by atoms with van der Waals surface area (Å²) < 4.78 is 32.3. The van der Waals surface area contributed by atoms with Crippen molar-refractivity contribution in [1.29, 1.82) is 0 Å². The Morgan fingerprint density at radius 2 is 1.90 bits per heavy atom. The van der Waals surface area contributed by atoms with Crippen molar-refractivity contribution in [1.82, 2.24) is 0 Å². The smallest absolute Gasteiger partial charge is 0.168 e. The molecule has 0 amide bonds. The van der Waals surface area contributed by atoms with Crippen molar-refractivity contribution < 1.29 is 13.5 Å². The molecule has 2 rings (SSSR count). The van der Waals surface area contributed by atoms with Crippen LogP contribution in [0.5, 0.6) is 5.75 Å². The maximum atomic E-state index is 14.1. The van der Waals surface area contributed by atoms with E-state index in [9.17, 15) is 8.78 Å². The summed E-state index contributed by atoms with van der Waals surface area (Å²) in [6.07, 6.45) is 0.399. The second-order valence-electron chi connectivity index (χ2n) is 4.54. The van der Waals surface area contributed by atoms with Gasteiger partial charge in [-0.2, -0.15) is 0 Å². The molecule has 1 unspecified atom stereocenters. The van der Waals surface area contributed by atoms with Crippen molar-refractivity contribution in [2.24, 2.45) is 0 Å². The van der Waals surface area contributed by atoms with Crippen molar-refractivity contribution in [2.75, 3.05) is 13.0 Å². The first-order valence-electron chi connectivity index (χ1n) is 6.28. The molecule has 4 heteroatoms. The van der Waals surface area contributed by atoms with Crippen molar-refractivity contribution >= 4 is 11.6 Å². The summed E-state index contributed by atoms with van der Waals surface area (Å²) in [5.74, 6) is -0.352. The summed E-state index contributed by atoms with van der Waals surface area (Å²) >= 11 is 5.95. The lowest BCUT2D eigenvalue weighted by Crippen LogP contribution is -2.07. The van der Waals surface area contributed by atoms with Gasteiger partial charge < -0.3 is 4.74 Å². The van der Waals surface area contributed by atoms with Crippen molar-refractivity contribution in [3.05, 3.63) is 65.2 Å². The zero-order chi connectivity index (χ0) is 14.5. The van der Waals surface area contributed by atoms with Gasteiger partial charge in [-0.25, -0.2) is 8.78 Å². The molecule has 20 heavy (non-hydrogen) atoms. The van der Waals surface area contributed by atoms with Gasteiger partial charge in [0.15, 0.2) is 11.6 Å². The van der Waals surface area contributed by atoms with Gasteiger partial charge in [0.2, 0.25) is 0 Å². The number of hydrogen-bond acceptors (Lipinski definition) is 1. The fourth-order valence-electron chi connectivity index (χ4n) is 2.16. The van der Waals surface area contributed by atoms with E-state index in [0.29, 0.717) is 17.9 Å². The lowest BCUT2D eigenvalue weighted by molar-refractivity contribution is 0.383. The van der Waals surface area contributed by atoms with E-state index < -0.39 is 0 Å². The highest BCUT2D eigenvalue weighted by Gasteiger charge is 2.16. The number of halogens is 3. The number of ether oxygens (including phenoxy) is 1. The third-order valence-electron chi connectivity index (χ3n) is 3.24. The fraction of sp³-hybridized carbons (Fsp3) is 0.250. The molecule has 2 aromatic rings. The average molecular weight is 297 g/mol. The Labute approximate surface area is 122 Å². The molecule has 0 bridgehead atoms. The molecule has 0 aliphatic carbocycles. The van der Waals surface area contributed by atoms with E-state index in [1.807, 2.05) is 0 Å². The zero-order valence-corrected chi connectivity index (χ0v) is 11.8. The molecule has 0 saturated carbocycles. The second-order valence-corrected chi connectivity index (χ2v) is 4.85. The topological polar surface area (TPSA) is 9.23 Å². The molecule has 1 atom stereocenters. The minimum Gasteiger partial charge on any atom is -0.494 e. The standard InChI is InChI=1S/C16H15ClF2O/c1-20-15-7-3-5-12(16(15)19)8-13(10-17)11-4-2-6-14(18)9-11/h2-7,9,13H,8,10H2,1H3. The van der Waals surface area contributed by atoms with Gasteiger partial charge in [-0.1, -0.05) is 24.3 Å². The van der Waals surface area contributed by atoms with E-state index >= 15 is 0 Å². The van der Waals surface area contributed by atoms with Gasteiger partial charge in [-0.3, -0.25) is 0 Å². The van der Waals surface area contributed by atoms with Crippen LogP contribution in [0.4, 0.5) is 8.78 Å². The highest BCUT2D eigenvalue weighted by Crippen LogP contribution is 2.27. The Hall–Kier alpha value is -1.61.